The Hall–Kier alpha value is -1.89. The van der Waals surface area contributed by atoms with E-state index in [1.807, 2.05) is 42.5 Å². The fourth-order valence-electron chi connectivity index (χ4n) is 3.50. The Kier molecular flexibility index (Phi) is 6.85. The van der Waals surface area contributed by atoms with Crippen LogP contribution in [0.25, 0.3) is 10.2 Å². The molecular formula is C23H26N2O2S2. The van der Waals surface area contributed by atoms with E-state index in [-0.39, 0.29) is 11.9 Å². The summed E-state index contributed by atoms with van der Waals surface area (Å²) < 4.78 is 7.95. The number of nitrogens with one attached hydrogen (secondary N) is 1. The fourth-order valence-corrected chi connectivity index (χ4v) is 5.52. The lowest BCUT2D eigenvalue weighted by molar-refractivity contribution is 0.0899. The minimum absolute atomic E-state index is 0.00443. The molecule has 29 heavy (non-hydrogen) atoms. The zero-order valence-electron chi connectivity index (χ0n) is 16.6. The van der Waals surface area contributed by atoms with Crippen molar-refractivity contribution in [1.82, 2.24) is 10.3 Å². The van der Waals surface area contributed by atoms with Crippen LogP contribution in [-0.2, 0) is 10.5 Å². The second-order valence-electron chi connectivity index (χ2n) is 7.52. The summed E-state index contributed by atoms with van der Waals surface area (Å²) in [4.78, 5) is 17.1. The summed E-state index contributed by atoms with van der Waals surface area (Å²) >= 11 is 3.46. The number of nitrogens with zero attached hydrogens (tertiary/aromatic N) is 1. The maximum Gasteiger partial charge on any atom is 0.251 e. The zero-order valence-corrected chi connectivity index (χ0v) is 18.2. The van der Waals surface area contributed by atoms with E-state index in [9.17, 15) is 4.79 Å². The summed E-state index contributed by atoms with van der Waals surface area (Å²) in [5.41, 5.74) is 2.96. The van der Waals surface area contributed by atoms with Gasteiger partial charge in [0.15, 0.2) is 4.34 Å². The SMILES string of the molecule is CC(CCC1CCCO1)NC(=O)c1ccc(CSc2nc3ccccc3s2)cc1. The van der Waals surface area contributed by atoms with Gasteiger partial charge in [0.05, 0.1) is 16.3 Å². The van der Waals surface area contributed by atoms with E-state index in [2.05, 4.69) is 23.3 Å². The number of carbonyl (C=O) groups is 1. The van der Waals surface area contributed by atoms with E-state index in [0.717, 1.165) is 47.9 Å². The van der Waals surface area contributed by atoms with Gasteiger partial charge in [-0.3, -0.25) is 4.79 Å². The molecule has 2 aromatic carbocycles. The molecule has 0 spiro atoms. The maximum absolute atomic E-state index is 12.5. The predicted octanol–water partition coefficient (Wildman–Crippen LogP) is 5.67. The van der Waals surface area contributed by atoms with Crippen LogP contribution in [-0.4, -0.2) is 29.6 Å². The van der Waals surface area contributed by atoms with Crippen LogP contribution < -0.4 is 5.32 Å². The van der Waals surface area contributed by atoms with Crippen LogP contribution in [0, 0.1) is 0 Å². The average Bonchev–Trinajstić information content (AvgIpc) is 3.40. The largest absolute Gasteiger partial charge is 0.378 e. The number of carbonyl (C=O) groups excluding carboxylic acids is 1. The number of thioether (sulfide) groups is 1. The van der Waals surface area contributed by atoms with Crippen molar-refractivity contribution in [3.05, 3.63) is 59.7 Å². The van der Waals surface area contributed by atoms with Crippen molar-refractivity contribution in [2.75, 3.05) is 6.61 Å². The molecule has 0 aliphatic carbocycles. The van der Waals surface area contributed by atoms with Crippen LogP contribution in [0.15, 0.2) is 52.9 Å². The lowest BCUT2D eigenvalue weighted by Gasteiger charge is -2.16. The molecule has 1 aromatic heterocycles. The van der Waals surface area contributed by atoms with Gasteiger partial charge in [-0.1, -0.05) is 36.0 Å². The third-order valence-corrected chi connectivity index (χ3v) is 7.43. The van der Waals surface area contributed by atoms with Crippen LogP contribution in [0.2, 0.25) is 0 Å². The van der Waals surface area contributed by atoms with Crippen molar-refractivity contribution in [2.45, 2.75) is 54.8 Å². The van der Waals surface area contributed by atoms with Gasteiger partial charge in [-0.2, -0.15) is 0 Å². The highest BCUT2D eigenvalue weighted by Crippen LogP contribution is 2.31. The molecule has 1 aliphatic rings. The number of amides is 1. The Morgan fingerprint density at radius 1 is 1.28 bits per heavy atom. The van der Waals surface area contributed by atoms with Crippen molar-refractivity contribution in [2.24, 2.45) is 0 Å². The topological polar surface area (TPSA) is 51.2 Å². The van der Waals surface area contributed by atoms with E-state index in [1.165, 1.54) is 10.3 Å². The molecule has 1 amide bonds. The van der Waals surface area contributed by atoms with E-state index in [1.54, 1.807) is 23.1 Å². The first-order valence-corrected chi connectivity index (χ1v) is 12.0. The van der Waals surface area contributed by atoms with E-state index >= 15 is 0 Å². The molecular weight excluding hydrogens is 400 g/mol. The van der Waals surface area contributed by atoms with E-state index in [4.69, 9.17) is 4.74 Å². The second kappa shape index (κ2) is 9.74. The molecule has 0 saturated carbocycles. The van der Waals surface area contributed by atoms with Gasteiger partial charge in [-0.25, -0.2) is 4.98 Å². The van der Waals surface area contributed by atoms with Gasteiger partial charge in [0.25, 0.3) is 5.91 Å². The molecule has 4 rings (SSSR count). The molecule has 0 bridgehead atoms. The smallest absolute Gasteiger partial charge is 0.251 e. The first-order chi connectivity index (χ1) is 14.2. The number of hydrogen-bond acceptors (Lipinski definition) is 5. The van der Waals surface area contributed by atoms with Crippen LogP contribution in [0.3, 0.4) is 0 Å². The van der Waals surface area contributed by atoms with Crippen molar-refractivity contribution in [1.29, 1.82) is 0 Å². The molecule has 4 nitrogen and oxygen atoms in total. The number of fused-ring (bicyclic) bond motifs is 1. The van der Waals surface area contributed by atoms with Gasteiger partial charge in [0.2, 0.25) is 0 Å². The normalized spacial score (nSPS) is 17.5. The van der Waals surface area contributed by atoms with Crippen LogP contribution in [0.1, 0.15) is 48.5 Å². The van der Waals surface area contributed by atoms with Crippen molar-refractivity contribution in [3.8, 4) is 0 Å². The van der Waals surface area contributed by atoms with Gasteiger partial charge in [0, 0.05) is 24.0 Å². The Bertz CT molecular complexity index is 916. The monoisotopic (exact) mass is 426 g/mol. The molecule has 1 N–H and O–H groups in total. The Morgan fingerprint density at radius 2 is 2.10 bits per heavy atom. The molecule has 1 saturated heterocycles. The summed E-state index contributed by atoms with van der Waals surface area (Å²) in [6, 6.07) is 16.3. The summed E-state index contributed by atoms with van der Waals surface area (Å²) in [7, 11) is 0. The van der Waals surface area contributed by atoms with Crippen molar-refractivity contribution < 1.29 is 9.53 Å². The Balaban J connectivity index is 1.25. The summed E-state index contributed by atoms with van der Waals surface area (Å²) in [5, 5.41) is 3.10. The minimum Gasteiger partial charge on any atom is -0.378 e. The Labute approximate surface area is 180 Å². The number of para-hydroxylation sites is 1. The van der Waals surface area contributed by atoms with Crippen LogP contribution in [0.4, 0.5) is 0 Å². The number of thiazole rings is 1. The molecule has 3 aromatic rings. The standard InChI is InChI=1S/C23H26N2O2S2/c1-16(8-13-19-5-4-14-27-19)24-22(26)18-11-9-17(10-12-18)15-28-23-25-20-6-2-3-7-21(20)29-23/h2-3,6-7,9-12,16,19H,4-5,8,13-15H2,1H3,(H,24,26). The third-order valence-electron chi connectivity index (χ3n) is 5.18. The van der Waals surface area contributed by atoms with E-state index < -0.39 is 0 Å². The third kappa shape index (κ3) is 5.59. The molecule has 2 heterocycles. The number of hydrogen-bond donors (Lipinski definition) is 1. The highest BCUT2D eigenvalue weighted by molar-refractivity contribution is 8.00. The lowest BCUT2D eigenvalue weighted by Crippen LogP contribution is -2.33. The molecule has 2 atom stereocenters. The number of aromatic nitrogens is 1. The van der Waals surface area contributed by atoms with E-state index in [0.29, 0.717) is 11.7 Å². The highest BCUT2D eigenvalue weighted by atomic mass is 32.2. The first-order valence-electron chi connectivity index (χ1n) is 10.2. The van der Waals surface area contributed by atoms with Gasteiger partial charge in [-0.05, 0) is 62.4 Å². The van der Waals surface area contributed by atoms with Crippen LogP contribution in [0.5, 0.6) is 0 Å². The van der Waals surface area contributed by atoms with Crippen LogP contribution >= 0.6 is 23.1 Å². The second-order valence-corrected chi connectivity index (χ2v) is 9.77. The number of rotatable bonds is 8. The van der Waals surface area contributed by atoms with Gasteiger partial charge in [-0.15, -0.1) is 11.3 Å². The number of benzene rings is 2. The fraction of sp³-hybridized carbons (Fsp3) is 0.391. The Morgan fingerprint density at radius 3 is 2.86 bits per heavy atom. The lowest BCUT2D eigenvalue weighted by atomic mass is 10.1. The molecule has 1 aliphatic heterocycles. The summed E-state index contributed by atoms with van der Waals surface area (Å²) in [6.45, 7) is 2.95. The quantitative estimate of drug-likeness (QED) is 0.472. The van der Waals surface area contributed by atoms with Crippen molar-refractivity contribution in [3.63, 3.8) is 0 Å². The summed E-state index contributed by atoms with van der Waals surface area (Å²) in [6.07, 6.45) is 4.66. The molecule has 0 radical (unpaired) electrons. The molecule has 6 heteroatoms. The maximum atomic E-state index is 12.5. The summed E-state index contributed by atoms with van der Waals surface area (Å²) in [5.74, 6) is 0.842. The molecule has 2 unspecified atom stereocenters. The van der Waals surface area contributed by atoms with Gasteiger partial charge in [0.1, 0.15) is 0 Å². The highest BCUT2D eigenvalue weighted by Gasteiger charge is 2.17. The average molecular weight is 427 g/mol. The first kappa shape index (κ1) is 20.4. The molecule has 152 valence electrons. The van der Waals surface area contributed by atoms with Crippen molar-refractivity contribution >= 4 is 39.2 Å². The molecule has 1 fully saturated rings. The minimum atomic E-state index is -0.00443. The van der Waals surface area contributed by atoms with Gasteiger partial charge >= 0.3 is 0 Å². The van der Waals surface area contributed by atoms with Gasteiger partial charge < -0.3 is 10.1 Å². The predicted molar refractivity (Wildman–Crippen MR) is 121 cm³/mol. The number of ether oxygens (including phenoxy) is 1. The zero-order chi connectivity index (χ0) is 20.1.